The molecule has 0 aliphatic carbocycles. The fraction of sp³-hybridized carbons (Fsp3) is 0.350. The van der Waals surface area contributed by atoms with Gasteiger partial charge in [-0.2, -0.15) is 0 Å². The minimum Gasteiger partial charge on any atom is -0.400 e. The van der Waals surface area contributed by atoms with Crippen molar-refractivity contribution in [2.24, 2.45) is 0 Å². The minimum absolute atomic E-state index is 0.664. The van der Waals surface area contributed by atoms with E-state index in [1.807, 2.05) is 32.0 Å². The number of rotatable bonds is 7. The zero-order valence-corrected chi connectivity index (χ0v) is 17.8. The summed E-state index contributed by atoms with van der Waals surface area (Å²) < 4.78 is 4.12. The summed E-state index contributed by atoms with van der Waals surface area (Å²) in [6.07, 6.45) is 4.45. The number of halogens is 1. The summed E-state index contributed by atoms with van der Waals surface area (Å²) in [6, 6.07) is 14.2. The van der Waals surface area contributed by atoms with E-state index in [9.17, 15) is 4.79 Å². The van der Waals surface area contributed by atoms with Crippen molar-refractivity contribution in [1.29, 1.82) is 0 Å². The zero-order chi connectivity index (χ0) is 19.1. The molecular formula is C20H28BrNO2S. The Labute approximate surface area is 164 Å². The molecule has 138 valence electrons. The molecule has 0 aliphatic rings. The minimum atomic E-state index is 0.664. The second-order valence-electron chi connectivity index (χ2n) is 4.81. The lowest BCUT2D eigenvalue weighted by Crippen LogP contribution is -1.90. The number of unbranched alkanes of at least 4 members (excludes halogenated alkanes) is 1. The van der Waals surface area contributed by atoms with Crippen LogP contribution in [0.25, 0.3) is 0 Å². The Kier molecular flexibility index (Phi) is 14.2. The van der Waals surface area contributed by atoms with Gasteiger partial charge in [-0.05, 0) is 60.7 Å². The lowest BCUT2D eigenvalue weighted by atomic mass is 10.1. The Bertz CT molecular complexity index is 603. The van der Waals surface area contributed by atoms with Crippen LogP contribution < -0.4 is 4.72 Å². The van der Waals surface area contributed by atoms with Crippen LogP contribution in [-0.2, 0) is 6.42 Å². The highest BCUT2D eigenvalue weighted by Crippen LogP contribution is 2.25. The Morgan fingerprint density at radius 1 is 1.12 bits per heavy atom. The first-order valence-corrected chi connectivity index (χ1v) is 10.0. The summed E-state index contributed by atoms with van der Waals surface area (Å²) in [6.45, 7) is 6.21. The first-order chi connectivity index (χ1) is 12.2. The Morgan fingerprint density at radius 3 is 2.32 bits per heavy atom. The number of aryl methyl sites for hydroxylation is 1. The number of aldehydes is 1. The maximum absolute atomic E-state index is 10.9. The molecule has 0 aromatic heterocycles. The van der Waals surface area contributed by atoms with Gasteiger partial charge in [-0.25, -0.2) is 0 Å². The fourth-order valence-corrected chi connectivity index (χ4v) is 2.95. The van der Waals surface area contributed by atoms with E-state index in [0.717, 1.165) is 34.9 Å². The standard InChI is InChI=1S/C17H18BrNOS.C2H6.CH4O/c1-2-3-4-13-5-7-15(8-6-13)19-21-16-9-10-17(18)14(11-16)12-20;2*1-2/h5-12,19H,2-4H2,1H3;1-2H3;2H,1H3. The normalized spacial score (nSPS) is 9.20. The van der Waals surface area contributed by atoms with E-state index in [2.05, 4.69) is 51.8 Å². The molecule has 0 bridgehead atoms. The van der Waals surface area contributed by atoms with Crippen LogP contribution in [0.5, 0.6) is 0 Å². The molecule has 0 saturated carbocycles. The van der Waals surface area contributed by atoms with E-state index >= 15 is 0 Å². The number of hydrogen-bond acceptors (Lipinski definition) is 4. The van der Waals surface area contributed by atoms with E-state index < -0.39 is 0 Å². The van der Waals surface area contributed by atoms with Crippen molar-refractivity contribution >= 4 is 39.9 Å². The number of benzene rings is 2. The van der Waals surface area contributed by atoms with Crippen LogP contribution in [0.2, 0.25) is 0 Å². The number of carbonyl (C=O) groups excluding carboxylic acids is 1. The first kappa shape index (κ1) is 23.7. The molecule has 0 fully saturated rings. The van der Waals surface area contributed by atoms with Gasteiger partial charge in [-0.15, -0.1) is 0 Å². The topological polar surface area (TPSA) is 49.3 Å². The maximum Gasteiger partial charge on any atom is 0.151 e. The lowest BCUT2D eigenvalue weighted by Gasteiger charge is -2.07. The fourth-order valence-electron chi connectivity index (χ4n) is 1.91. The third-order valence-electron chi connectivity index (χ3n) is 3.15. The predicted molar refractivity (Wildman–Crippen MR) is 114 cm³/mol. The highest BCUT2D eigenvalue weighted by Gasteiger charge is 2.02. The molecule has 0 amide bonds. The van der Waals surface area contributed by atoms with Crippen LogP contribution in [0.3, 0.4) is 0 Å². The van der Waals surface area contributed by atoms with Crippen LogP contribution in [-0.4, -0.2) is 18.5 Å². The lowest BCUT2D eigenvalue weighted by molar-refractivity contribution is 0.112. The summed E-state index contributed by atoms with van der Waals surface area (Å²) in [5.41, 5.74) is 3.10. The highest BCUT2D eigenvalue weighted by atomic mass is 79.9. The average molecular weight is 426 g/mol. The van der Waals surface area contributed by atoms with Crippen LogP contribution >= 0.6 is 27.9 Å². The Balaban J connectivity index is 0.00000134. The molecule has 3 nitrogen and oxygen atoms in total. The van der Waals surface area contributed by atoms with Gasteiger partial charge >= 0.3 is 0 Å². The molecule has 0 heterocycles. The van der Waals surface area contributed by atoms with Gasteiger partial charge in [0.15, 0.2) is 6.29 Å². The molecule has 0 radical (unpaired) electrons. The van der Waals surface area contributed by atoms with E-state index in [1.165, 1.54) is 30.4 Å². The molecule has 0 unspecified atom stereocenters. The molecule has 25 heavy (non-hydrogen) atoms. The van der Waals surface area contributed by atoms with Gasteiger partial charge in [-0.3, -0.25) is 4.79 Å². The zero-order valence-electron chi connectivity index (χ0n) is 15.4. The summed E-state index contributed by atoms with van der Waals surface area (Å²) in [4.78, 5) is 11.9. The number of carbonyl (C=O) groups is 1. The van der Waals surface area contributed by atoms with Gasteiger partial charge in [0.05, 0.1) is 0 Å². The van der Waals surface area contributed by atoms with Crippen molar-refractivity contribution in [3.8, 4) is 0 Å². The molecule has 2 aromatic rings. The largest absolute Gasteiger partial charge is 0.400 e. The van der Waals surface area contributed by atoms with Crippen molar-refractivity contribution in [2.45, 2.75) is 44.9 Å². The molecule has 0 saturated heterocycles. The molecule has 5 heteroatoms. The van der Waals surface area contributed by atoms with Crippen molar-refractivity contribution in [3.63, 3.8) is 0 Å². The Morgan fingerprint density at radius 2 is 1.76 bits per heavy atom. The summed E-state index contributed by atoms with van der Waals surface area (Å²) >= 11 is 4.86. The third kappa shape index (κ3) is 9.10. The van der Waals surface area contributed by atoms with Crippen LogP contribution in [0.15, 0.2) is 51.8 Å². The van der Waals surface area contributed by atoms with E-state index in [1.54, 1.807) is 0 Å². The number of aliphatic hydroxyl groups is 1. The third-order valence-corrected chi connectivity index (χ3v) is 4.70. The van der Waals surface area contributed by atoms with Gasteiger partial charge in [0.1, 0.15) is 0 Å². The van der Waals surface area contributed by atoms with Crippen molar-refractivity contribution in [1.82, 2.24) is 0 Å². The SMILES string of the molecule is CC.CCCCc1ccc(NSc2ccc(Br)c(C=O)c2)cc1.CO. The van der Waals surface area contributed by atoms with Crippen molar-refractivity contribution < 1.29 is 9.90 Å². The molecule has 2 aromatic carbocycles. The van der Waals surface area contributed by atoms with E-state index in [0.29, 0.717) is 5.56 Å². The molecule has 0 spiro atoms. The van der Waals surface area contributed by atoms with Gasteiger partial charge in [0.25, 0.3) is 0 Å². The molecule has 0 aliphatic heterocycles. The molecule has 0 atom stereocenters. The monoisotopic (exact) mass is 425 g/mol. The number of nitrogens with one attached hydrogen (secondary N) is 1. The van der Waals surface area contributed by atoms with Crippen LogP contribution in [0.4, 0.5) is 5.69 Å². The summed E-state index contributed by atoms with van der Waals surface area (Å²) in [7, 11) is 1.00. The quantitative estimate of drug-likeness (QED) is 0.400. The number of hydrogen-bond donors (Lipinski definition) is 2. The molecule has 2 rings (SSSR count). The van der Waals surface area contributed by atoms with Gasteiger partial charge < -0.3 is 9.83 Å². The Hall–Kier alpha value is -1.30. The van der Waals surface area contributed by atoms with E-state index in [4.69, 9.17) is 5.11 Å². The second-order valence-corrected chi connectivity index (χ2v) is 6.54. The predicted octanol–water partition coefficient (Wildman–Crippen LogP) is 6.36. The van der Waals surface area contributed by atoms with Crippen molar-refractivity contribution in [3.05, 3.63) is 58.1 Å². The maximum atomic E-state index is 10.9. The van der Waals surface area contributed by atoms with Crippen LogP contribution in [0.1, 0.15) is 49.5 Å². The summed E-state index contributed by atoms with van der Waals surface area (Å²) in [5, 5.41) is 7.00. The molecular weight excluding hydrogens is 398 g/mol. The van der Waals surface area contributed by atoms with E-state index in [-0.39, 0.29) is 0 Å². The van der Waals surface area contributed by atoms with Gasteiger partial charge in [0.2, 0.25) is 0 Å². The number of aliphatic hydroxyl groups excluding tert-OH is 1. The first-order valence-electron chi connectivity index (χ1n) is 8.44. The van der Waals surface area contributed by atoms with Crippen LogP contribution in [0, 0.1) is 0 Å². The molecule has 2 N–H and O–H groups in total. The number of anilines is 1. The van der Waals surface area contributed by atoms with Gasteiger partial charge in [-0.1, -0.05) is 55.3 Å². The highest BCUT2D eigenvalue weighted by molar-refractivity contribution is 9.10. The summed E-state index contributed by atoms with van der Waals surface area (Å²) in [5.74, 6) is 0. The van der Waals surface area contributed by atoms with Crippen molar-refractivity contribution in [2.75, 3.05) is 11.8 Å². The average Bonchev–Trinajstić information content (AvgIpc) is 2.69. The second kappa shape index (κ2) is 15.0. The smallest absolute Gasteiger partial charge is 0.151 e. The van der Waals surface area contributed by atoms with Gasteiger partial charge in [0, 0.05) is 27.7 Å².